The Kier molecular flexibility index (Phi) is 5.43. The third-order valence-electron chi connectivity index (χ3n) is 2.74. The Morgan fingerprint density at radius 2 is 2.00 bits per heavy atom. The van der Waals surface area contributed by atoms with Gasteiger partial charge in [0.1, 0.15) is 5.76 Å². The molecular weight excluding hydrogens is 172 g/mol. The smallest absolute Gasteiger partial charge is 0.106 e. The summed E-state index contributed by atoms with van der Waals surface area (Å²) in [4.78, 5) is 0. The highest BCUT2D eigenvalue weighted by Crippen LogP contribution is 2.27. The molecule has 1 heterocycles. The molecule has 0 saturated heterocycles. The summed E-state index contributed by atoms with van der Waals surface area (Å²) in [5.41, 5.74) is 0. The summed E-state index contributed by atoms with van der Waals surface area (Å²) < 4.78 is 5.48. The fourth-order valence-corrected chi connectivity index (χ4v) is 1.94. The van der Waals surface area contributed by atoms with Crippen molar-refractivity contribution >= 4 is 0 Å². The standard InChI is InChI=1S/C13H22O/c1-3-5-6-9-12(8-4-2)13-10-7-11-14-13/h7,10-12H,3-6,8-9H2,1-2H3. The van der Waals surface area contributed by atoms with E-state index in [1.165, 1.54) is 44.3 Å². The van der Waals surface area contributed by atoms with Crippen molar-refractivity contribution in [1.29, 1.82) is 0 Å². The molecule has 1 rings (SSSR count). The minimum absolute atomic E-state index is 0.654. The maximum absolute atomic E-state index is 5.48. The van der Waals surface area contributed by atoms with Crippen molar-refractivity contribution < 1.29 is 4.42 Å². The van der Waals surface area contributed by atoms with Crippen molar-refractivity contribution in [2.75, 3.05) is 0 Å². The lowest BCUT2D eigenvalue weighted by Gasteiger charge is -2.12. The molecule has 0 amide bonds. The van der Waals surface area contributed by atoms with Crippen LogP contribution in [0.2, 0.25) is 0 Å². The topological polar surface area (TPSA) is 13.1 Å². The van der Waals surface area contributed by atoms with E-state index in [1.54, 1.807) is 6.26 Å². The summed E-state index contributed by atoms with van der Waals surface area (Å²) in [5, 5.41) is 0. The molecule has 0 bridgehead atoms. The quantitative estimate of drug-likeness (QED) is 0.571. The minimum atomic E-state index is 0.654. The van der Waals surface area contributed by atoms with Gasteiger partial charge in [-0.3, -0.25) is 0 Å². The SMILES string of the molecule is CCCCCC(CCC)c1ccco1. The van der Waals surface area contributed by atoms with Gasteiger partial charge in [-0.05, 0) is 25.0 Å². The van der Waals surface area contributed by atoms with Crippen molar-refractivity contribution in [3.63, 3.8) is 0 Å². The van der Waals surface area contributed by atoms with Gasteiger partial charge in [-0.2, -0.15) is 0 Å². The van der Waals surface area contributed by atoms with Crippen LogP contribution < -0.4 is 0 Å². The van der Waals surface area contributed by atoms with E-state index in [2.05, 4.69) is 19.9 Å². The van der Waals surface area contributed by atoms with E-state index in [1.807, 2.05) is 6.07 Å². The summed E-state index contributed by atoms with van der Waals surface area (Å²) in [6, 6.07) is 4.12. The predicted octanol–water partition coefficient (Wildman–Crippen LogP) is 4.74. The maximum Gasteiger partial charge on any atom is 0.106 e. The molecule has 0 N–H and O–H groups in total. The molecule has 1 nitrogen and oxygen atoms in total. The van der Waals surface area contributed by atoms with Gasteiger partial charge in [-0.15, -0.1) is 0 Å². The average Bonchev–Trinajstić information content (AvgIpc) is 2.70. The Morgan fingerprint density at radius 1 is 1.14 bits per heavy atom. The lowest BCUT2D eigenvalue weighted by Crippen LogP contribution is -1.97. The molecule has 1 atom stereocenters. The van der Waals surface area contributed by atoms with Gasteiger partial charge < -0.3 is 4.42 Å². The van der Waals surface area contributed by atoms with Gasteiger partial charge in [0.15, 0.2) is 0 Å². The van der Waals surface area contributed by atoms with E-state index < -0.39 is 0 Å². The lowest BCUT2D eigenvalue weighted by molar-refractivity contribution is 0.417. The summed E-state index contributed by atoms with van der Waals surface area (Å²) in [6.45, 7) is 4.50. The Hall–Kier alpha value is -0.720. The van der Waals surface area contributed by atoms with E-state index >= 15 is 0 Å². The maximum atomic E-state index is 5.48. The zero-order valence-electron chi connectivity index (χ0n) is 9.46. The molecule has 0 radical (unpaired) electrons. The molecule has 14 heavy (non-hydrogen) atoms. The molecule has 0 spiro atoms. The molecular formula is C13H22O. The van der Waals surface area contributed by atoms with Gasteiger partial charge in [0.2, 0.25) is 0 Å². The first-order valence-corrected chi connectivity index (χ1v) is 5.91. The lowest BCUT2D eigenvalue weighted by atomic mass is 9.94. The first kappa shape index (κ1) is 11.4. The van der Waals surface area contributed by atoms with Gasteiger partial charge in [0.05, 0.1) is 6.26 Å². The summed E-state index contributed by atoms with van der Waals surface area (Å²) in [5.74, 6) is 1.84. The number of hydrogen-bond donors (Lipinski definition) is 0. The molecule has 1 aromatic heterocycles. The van der Waals surface area contributed by atoms with Crippen LogP contribution in [0.15, 0.2) is 22.8 Å². The average molecular weight is 194 g/mol. The second kappa shape index (κ2) is 6.69. The van der Waals surface area contributed by atoms with E-state index in [-0.39, 0.29) is 0 Å². The van der Waals surface area contributed by atoms with Crippen LogP contribution in [-0.2, 0) is 0 Å². The fourth-order valence-electron chi connectivity index (χ4n) is 1.94. The summed E-state index contributed by atoms with van der Waals surface area (Å²) >= 11 is 0. The summed E-state index contributed by atoms with van der Waals surface area (Å²) in [6.07, 6.45) is 9.57. The molecule has 1 unspecified atom stereocenters. The zero-order chi connectivity index (χ0) is 10.2. The number of unbranched alkanes of at least 4 members (excludes halogenated alkanes) is 2. The van der Waals surface area contributed by atoms with Crippen LogP contribution in [-0.4, -0.2) is 0 Å². The van der Waals surface area contributed by atoms with Crippen molar-refractivity contribution in [2.24, 2.45) is 0 Å². The number of rotatable bonds is 7. The molecule has 0 aromatic carbocycles. The van der Waals surface area contributed by atoms with Crippen molar-refractivity contribution in [1.82, 2.24) is 0 Å². The van der Waals surface area contributed by atoms with E-state index in [4.69, 9.17) is 4.42 Å². The predicted molar refractivity (Wildman–Crippen MR) is 60.5 cm³/mol. The summed E-state index contributed by atoms with van der Waals surface area (Å²) in [7, 11) is 0. The highest BCUT2D eigenvalue weighted by Gasteiger charge is 2.12. The Bertz CT molecular complexity index is 213. The molecule has 0 aliphatic heterocycles. The molecule has 0 saturated carbocycles. The molecule has 0 fully saturated rings. The zero-order valence-corrected chi connectivity index (χ0v) is 9.46. The Morgan fingerprint density at radius 3 is 2.57 bits per heavy atom. The molecule has 1 aromatic rings. The molecule has 0 aliphatic rings. The Balaban J connectivity index is 2.39. The fraction of sp³-hybridized carbons (Fsp3) is 0.692. The van der Waals surface area contributed by atoms with Crippen LogP contribution >= 0.6 is 0 Å². The van der Waals surface area contributed by atoms with Crippen LogP contribution in [0.25, 0.3) is 0 Å². The number of hydrogen-bond acceptors (Lipinski definition) is 1. The third kappa shape index (κ3) is 3.57. The van der Waals surface area contributed by atoms with Crippen LogP contribution in [0.1, 0.15) is 64.1 Å². The van der Waals surface area contributed by atoms with Gasteiger partial charge in [0, 0.05) is 5.92 Å². The second-order valence-electron chi connectivity index (χ2n) is 4.00. The number of furan rings is 1. The van der Waals surface area contributed by atoms with E-state index in [0.29, 0.717) is 5.92 Å². The highest BCUT2D eigenvalue weighted by atomic mass is 16.3. The largest absolute Gasteiger partial charge is 0.469 e. The van der Waals surface area contributed by atoms with Gasteiger partial charge >= 0.3 is 0 Å². The molecule has 1 heteroatoms. The second-order valence-corrected chi connectivity index (χ2v) is 4.00. The van der Waals surface area contributed by atoms with Gasteiger partial charge in [-0.1, -0.05) is 39.5 Å². The van der Waals surface area contributed by atoms with Crippen LogP contribution in [0.3, 0.4) is 0 Å². The van der Waals surface area contributed by atoms with Crippen LogP contribution in [0.4, 0.5) is 0 Å². The first-order chi connectivity index (χ1) is 6.88. The minimum Gasteiger partial charge on any atom is -0.469 e. The van der Waals surface area contributed by atoms with Crippen molar-refractivity contribution in [3.05, 3.63) is 24.2 Å². The van der Waals surface area contributed by atoms with Crippen molar-refractivity contribution in [3.8, 4) is 0 Å². The third-order valence-corrected chi connectivity index (χ3v) is 2.74. The normalized spacial score (nSPS) is 13.0. The first-order valence-electron chi connectivity index (χ1n) is 5.91. The highest BCUT2D eigenvalue weighted by molar-refractivity contribution is 5.04. The van der Waals surface area contributed by atoms with Crippen LogP contribution in [0.5, 0.6) is 0 Å². The Labute approximate surface area is 87.5 Å². The van der Waals surface area contributed by atoms with Gasteiger partial charge in [0.25, 0.3) is 0 Å². The monoisotopic (exact) mass is 194 g/mol. The van der Waals surface area contributed by atoms with Crippen molar-refractivity contribution in [2.45, 2.75) is 58.3 Å². The van der Waals surface area contributed by atoms with Gasteiger partial charge in [-0.25, -0.2) is 0 Å². The van der Waals surface area contributed by atoms with E-state index in [9.17, 15) is 0 Å². The molecule has 80 valence electrons. The van der Waals surface area contributed by atoms with E-state index in [0.717, 1.165) is 0 Å². The molecule has 0 aliphatic carbocycles. The van der Waals surface area contributed by atoms with Crippen LogP contribution in [0, 0.1) is 0 Å².